The molecule has 10 nitrogen and oxygen atoms in total. The second-order valence-corrected chi connectivity index (χ2v) is 4.84. The molecule has 110 valence electrons. The Morgan fingerprint density at radius 3 is 2.67 bits per heavy atom. The lowest BCUT2D eigenvalue weighted by atomic mass is 10.4. The molecule has 11 heteroatoms. The molecule has 0 aliphatic rings. The molecule has 0 aliphatic carbocycles. The molecule has 2 aromatic rings. The number of carboxylic acid groups (broad SMARTS) is 1. The molecule has 2 heterocycles. The fourth-order valence-corrected chi connectivity index (χ4v) is 2.03. The summed E-state index contributed by atoms with van der Waals surface area (Å²) in [6.45, 7) is 0.495. The summed E-state index contributed by atoms with van der Waals surface area (Å²) in [4.78, 5) is 32.2. The topological polar surface area (TPSA) is 133 Å². The molecule has 0 radical (unpaired) electrons. The van der Waals surface area contributed by atoms with Crippen LogP contribution in [0.3, 0.4) is 0 Å². The Bertz CT molecular complexity index is 767. The van der Waals surface area contributed by atoms with Gasteiger partial charge in [0.2, 0.25) is 0 Å². The minimum absolute atomic E-state index is 0.0708. The van der Waals surface area contributed by atoms with Crippen molar-refractivity contribution in [2.24, 2.45) is 0 Å². The zero-order chi connectivity index (χ0) is 15.6. The van der Waals surface area contributed by atoms with Crippen LogP contribution in [0.15, 0.2) is 27.9 Å². The van der Waals surface area contributed by atoms with Gasteiger partial charge >= 0.3 is 11.7 Å². The van der Waals surface area contributed by atoms with Crippen LogP contribution in [0.4, 0.5) is 5.69 Å². The number of hydrogen-bond donors (Lipinski definition) is 1. The number of aromatic nitrogens is 4. The Hall–Kier alpha value is -2.56. The highest BCUT2D eigenvalue weighted by Gasteiger charge is 2.16. The van der Waals surface area contributed by atoms with Crippen LogP contribution in [0.2, 0.25) is 0 Å². The molecule has 0 bridgehead atoms. The average Bonchev–Trinajstić information content (AvgIpc) is 2.88. The maximum Gasteiger partial charge on any atom is 0.358 e. The van der Waals surface area contributed by atoms with E-state index in [1.165, 1.54) is 21.6 Å². The van der Waals surface area contributed by atoms with Gasteiger partial charge in [0.25, 0.3) is 5.43 Å². The number of aryl methyl sites for hydroxylation is 2. The van der Waals surface area contributed by atoms with E-state index in [4.69, 9.17) is 5.11 Å². The van der Waals surface area contributed by atoms with Gasteiger partial charge in [-0.25, -0.2) is 9.48 Å². The average molecular weight is 358 g/mol. The molecule has 2 aromatic heterocycles. The van der Waals surface area contributed by atoms with E-state index in [9.17, 15) is 19.7 Å². The van der Waals surface area contributed by atoms with Crippen molar-refractivity contribution in [2.75, 3.05) is 0 Å². The molecule has 0 unspecified atom stereocenters. The number of rotatable bonds is 5. The first-order valence-corrected chi connectivity index (χ1v) is 6.35. The van der Waals surface area contributed by atoms with E-state index in [1.54, 1.807) is 0 Å². The molecule has 0 aromatic carbocycles. The number of hydrogen-bond acceptors (Lipinski definition) is 6. The molecule has 0 atom stereocenters. The second-order valence-electron chi connectivity index (χ2n) is 3.99. The quantitative estimate of drug-likeness (QED) is 0.608. The molecule has 0 saturated heterocycles. The van der Waals surface area contributed by atoms with E-state index in [-0.39, 0.29) is 23.3 Å². The second kappa shape index (κ2) is 5.83. The fourth-order valence-electron chi connectivity index (χ4n) is 1.56. The lowest BCUT2D eigenvalue weighted by Crippen LogP contribution is -2.15. The molecule has 1 N–H and O–H groups in total. The predicted octanol–water partition coefficient (Wildman–Crippen LogP) is 0.509. The normalized spacial score (nSPS) is 10.5. The molecule has 21 heavy (non-hydrogen) atoms. The van der Waals surface area contributed by atoms with Crippen molar-refractivity contribution in [2.45, 2.75) is 13.1 Å². The number of carbonyl (C=O) groups is 1. The van der Waals surface area contributed by atoms with Gasteiger partial charge in [-0.3, -0.25) is 14.9 Å². The van der Waals surface area contributed by atoms with Gasteiger partial charge in [0.1, 0.15) is 0 Å². The molecule has 0 amide bonds. The van der Waals surface area contributed by atoms with Crippen LogP contribution in [-0.2, 0) is 13.1 Å². The molecular formula is C10H8BrN5O5. The highest BCUT2D eigenvalue weighted by Crippen LogP contribution is 2.11. The van der Waals surface area contributed by atoms with E-state index in [2.05, 4.69) is 26.2 Å². The van der Waals surface area contributed by atoms with Gasteiger partial charge in [0.15, 0.2) is 5.69 Å². The van der Waals surface area contributed by atoms with Gasteiger partial charge in [-0.1, -0.05) is 5.21 Å². The highest BCUT2D eigenvalue weighted by atomic mass is 79.9. The Balaban J connectivity index is 2.18. The summed E-state index contributed by atoms with van der Waals surface area (Å²) < 4.78 is 2.80. The summed E-state index contributed by atoms with van der Waals surface area (Å²) in [5, 5.41) is 26.5. The zero-order valence-electron chi connectivity index (χ0n) is 10.3. The zero-order valence-corrected chi connectivity index (χ0v) is 11.9. The Morgan fingerprint density at radius 1 is 1.38 bits per heavy atom. The van der Waals surface area contributed by atoms with Crippen LogP contribution in [0.1, 0.15) is 10.5 Å². The fraction of sp³-hybridized carbons (Fsp3) is 0.200. The minimum Gasteiger partial charge on any atom is -0.476 e. The van der Waals surface area contributed by atoms with Gasteiger partial charge < -0.3 is 9.67 Å². The maximum atomic E-state index is 11.5. The molecular weight excluding hydrogens is 350 g/mol. The van der Waals surface area contributed by atoms with Crippen molar-refractivity contribution in [1.82, 2.24) is 19.6 Å². The van der Waals surface area contributed by atoms with Crippen LogP contribution < -0.4 is 5.43 Å². The van der Waals surface area contributed by atoms with Crippen LogP contribution in [0.25, 0.3) is 0 Å². The molecule has 0 fully saturated rings. The molecule has 0 spiro atoms. The van der Waals surface area contributed by atoms with Crippen molar-refractivity contribution in [3.63, 3.8) is 0 Å². The van der Waals surface area contributed by atoms with Crippen molar-refractivity contribution in [3.05, 3.63) is 49.1 Å². The van der Waals surface area contributed by atoms with Gasteiger partial charge in [-0.05, 0) is 15.9 Å². The van der Waals surface area contributed by atoms with Crippen LogP contribution in [-0.4, -0.2) is 35.6 Å². The van der Waals surface area contributed by atoms with Gasteiger partial charge in [0, 0.05) is 12.7 Å². The maximum absolute atomic E-state index is 11.5. The first-order valence-electron chi connectivity index (χ1n) is 5.56. The number of nitro groups is 1. The third kappa shape index (κ3) is 3.31. The first-order chi connectivity index (χ1) is 9.88. The summed E-state index contributed by atoms with van der Waals surface area (Å²) in [5.41, 5.74) is -1.44. The van der Waals surface area contributed by atoms with E-state index >= 15 is 0 Å². The molecule has 0 saturated carbocycles. The van der Waals surface area contributed by atoms with Crippen LogP contribution in [0.5, 0.6) is 0 Å². The predicted molar refractivity (Wildman–Crippen MR) is 72.0 cm³/mol. The summed E-state index contributed by atoms with van der Waals surface area (Å²) in [6, 6.07) is 0. The minimum atomic E-state index is -1.19. The van der Waals surface area contributed by atoms with Crippen molar-refractivity contribution in [1.29, 1.82) is 0 Å². The van der Waals surface area contributed by atoms with Gasteiger partial charge in [-0.15, -0.1) is 5.10 Å². The Kier molecular flexibility index (Phi) is 4.12. The van der Waals surface area contributed by atoms with Crippen LogP contribution in [0, 0.1) is 10.1 Å². The van der Waals surface area contributed by atoms with Crippen molar-refractivity contribution >= 4 is 27.6 Å². The van der Waals surface area contributed by atoms with E-state index in [1.807, 2.05) is 0 Å². The summed E-state index contributed by atoms with van der Waals surface area (Å²) in [5.74, 6) is -1.19. The number of nitrogens with zero attached hydrogens (tertiary/aromatic N) is 5. The van der Waals surface area contributed by atoms with Crippen LogP contribution >= 0.6 is 15.9 Å². The lowest BCUT2D eigenvalue weighted by Gasteiger charge is -2.06. The van der Waals surface area contributed by atoms with Crippen molar-refractivity contribution in [3.8, 4) is 0 Å². The summed E-state index contributed by atoms with van der Waals surface area (Å²) in [6.07, 6.45) is 3.76. The smallest absolute Gasteiger partial charge is 0.358 e. The monoisotopic (exact) mass is 357 g/mol. The molecule has 2 rings (SSSR count). The van der Waals surface area contributed by atoms with Crippen molar-refractivity contribution < 1.29 is 14.8 Å². The summed E-state index contributed by atoms with van der Waals surface area (Å²) in [7, 11) is 0. The van der Waals surface area contributed by atoms with Gasteiger partial charge in [0.05, 0.1) is 28.3 Å². The Labute approximate surface area is 124 Å². The first kappa shape index (κ1) is 14.8. The third-order valence-electron chi connectivity index (χ3n) is 2.56. The SMILES string of the molecule is O=C(O)c1cn(CCn2cc(Br)c(=O)c([N+](=O)[O-])c2)nn1. The Morgan fingerprint density at radius 2 is 2.10 bits per heavy atom. The number of halogens is 1. The molecule has 0 aliphatic heterocycles. The highest BCUT2D eigenvalue weighted by molar-refractivity contribution is 9.10. The van der Waals surface area contributed by atoms with E-state index in [0.29, 0.717) is 0 Å². The number of aromatic carboxylic acids is 1. The standard InChI is InChI=1S/C10H8BrN5O5/c11-6-3-14(5-8(9(6)17)16(20)21)1-2-15-4-7(10(18)19)12-13-15/h3-5H,1-2H2,(H,18,19). The van der Waals surface area contributed by atoms with Gasteiger partial charge in [-0.2, -0.15) is 0 Å². The van der Waals surface area contributed by atoms with E-state index in [0.717, 1.165) is 6.20 Å². The largest absolute Gasteiger partial charge is 0.476 e. The number of carboxylic acids is 1. The van der Waals surface area contributed by atoms with E-state index < -0.39 is 22.0 Å². The third-order valence-corrected chi connectivity index (χ3v) is 3.12. The number of pyridine rings is 1. The lowest BCUT2D eigenvalue weighted by molar-refractivity contribution is -0.386. The summed E-state index contributed by atoms with van der Waals surface area (Å²) >= 11 is 2.96.